The Bertz CT molecular complexity index is 815. The van der Waals surface area contributed by atoms with Gasteiger partial charge in [-0.15, -0.1) is 10.2 Å². The molecule has 3 aromatic rings. The molecule has 1 heterocycles. The molecule has 3 rings (SSSR count). The third-order valence-corrected chi connectivity index (χ3v) is 3.76. The monoisotopic (exact) mass is 321 g/mol. The first-order valence-corrected chi connectivity index (χ1v) is 7.69. The number of anilines is 1. The van der Waals surface area contributed by atoms with E-state index < -0.39 is 0 Å². The maximum atomic E-state index is 12.3. The fourth-order valence-electron chi connectivity index (χ4n) is 2.31. The second kappa shape index (κ2) is 6.23. The lowest BCUT2D eigenvalue weighted by atomic mass is 9.87. The van der Waals surface area contributed by atoms with Crippen LogP contribution in [0.25, 0.3) is 11.4 Å². The summed E-state index contributed by atoms with van der Waals surface area (Å²) in [6.45, 7) is 6.48. The summed E-state index contributed by atoms with van der Waals surface area (Å²) in [6.07, 6.45) is 0. The van der Waals surface area contributed by atoms with Crippen molar-refractivity contribution in [3.8, 4) is 11.4 Å². The number of nitrogens with one attached hydrogen (secondary N) is 2. The molecule has 1 amide bonds. The van der Waals surface area contributed by atoms with Crippen LogP contribution in [-0.4, -0.2) is 26.5 Å². The number of carbonyl (C=O) groups is 1. The Morgan fingerprint density at radius 2 is 1.67 bits per heavy atom. The zero-order valence-electron chi connectivity index (χ0n) is 13.9. The quantitative estimate of drug-likeness (QED) is 0.774. The molecule has 0 aliphatic rings. The summed E-state index contributed by atoms with van der Waals surface area (Å²) >= 11 is 0. The van der Waals surface area contributed by atoms with Crippen LogP contribution in [0, 0.1) is 0 Å². The molecular formula is C18H19N5O. The molecule has 122 valence electrons. The van der Waals surface area contributed by atoms with E-state index in [1.165, 1.54) is 5.56 Å². The van der Waals surface area contributed by atoms with Crippen molar-refractivity contribution in [3.05, 3.63) is 59.7 Å². The topological polar surface area (TPSA) is 83.6 Å². The first-order valence-electron chi connectivity index (χ1n) is 7.69. The smallest absolute Gasteiger partial charge is 0.255 e. The van der Waals surface area contributed by atoms with Gasteiger partial charge in [0.1, 0.15) is 0 Å². The molecule has 0 unspecified atom stereocenters. The Labute approximate surface area is 140 Å². The maximum Gasteiger partial charge on any atom is 0.255 e. The number of aromatic nitrogens is 4. The highest BCUT2D eigenvalue weighted by molar-refractivity contribution is 6.04. The van der Waals surface area contributed by atoms with Crippen LogP contribution in [0.4, 0.5) is 5.69 Å². The number of amides is 1. The Balaban J connectivity index is 1.71. The molecule has 6 nitrogen and oxygen atoms in total. The molecule has 0 aliphatic heterocycles. The summed E-state index contributed by atoms with van der Waals surface area (Å²) in [4.78, 5) is 12.3. The Hall–Kier alpha value is -3.02. The van der Waals surface area contributed by atoms with E-state index in [4.69, 9.17) is 0 Å². The largest absolute Gasteiger partial charge is 0.322 e. The molecule has 0 spiro atoms. The molecule has 6 heteroatoms. The van der Waals surface area contributed by atoms with E-state index in [9.17, 15) is 4.79 Å². The molecule has 0 saturated carbocycles. The van der Waals surface area contributed by atoms with Crippen LogP contribution in [0.3, 0.4) is 0 Å². The molecule has 0 atom stereocenters. The van der Waals surface area contributed by atoms with Crippen LogP contribution < -0.4 is 5.32 Å². The van der Waals surface area contributed by atoms with Gasteiger partial charge in [-0.05, 0) is 40.5 Å². The van der Waals surface area contributed by atoms with E-state index >= 15 is 0 Å². The van der Waals surface area contributed by atoms with Gasteiger partial charge in [-0.2, -0.15) is 5.21 Å². The average Bonchev–Trinajstić information content (AvgIpc) is 3.09. The van der Waals surface area contributed by atoms with Gasteiger partial charge in [0.25, 0.3) is 5.91 Å². The minimum atomic E-state index is -0.154. The number of hydrogen-bond acceptors (Lipinski definition) is 4. The lowest BCUT2D eigenvalue weighted by molar-refractivity contribution is 0.102. The normalized spacial score (nSPS) is 11.3. The van der Waals surface area contributed by atoms with Crippen LogP contribution in [0.5, 0.6) is 0 Å². The van der Waals surface area contributed by atoms with Gasteiger partial charge in [0.15, 0.2) is 0 Å². The zero-order valence-corrected chi connectivity index (χ0v) is 13.9. The molecule has 2 aromatic carbocycles. The van der Waals surface area contributed by atoms with Crippen molar-refractivity contribution in [3.63, 3.8) is 0 Å². The van der Waals surface area contributed by atoms with Gasteiger partial charge < -0.3 is 5.32 Å². The summed E-state index contributed by atoms with van der Waals surface area (Å²) in [6, 6.07) is 15.0. The molecule has 0 radical (unpaired) electrons. The van der Waals surface area contributed by atoms with Crippen LogP contribution in [0.2, 0.25) is 0 Å². The van der Waals surface area contributed by atoms with Crippen molar-refractivity contribution in [2.45, 2.75) is 26.2 Å². The SMILES string of the molecule is CC(C)(C)c1ccc(NC(=O)c2ccc(-c3nn[nH]n3)cc2)cc1. The zero-order chi connectivity index (χ0) is 17.2. The summed E-state index contributed by atoms with van der Waals surface area (Å²) in [5.74, 6) is 0.345. The van der Waals surface area contributed by atoms with Gasteiger partial charge >= 0.3 is 0 Å². The van der Waals surface area contributed by atoms with Crippen LogP contribution in [-0.2, 0) is 5.41 Å². The second-order valence-corrected chi connectivity index (χ2v) is 6.59. The Kier molecular flexibility index (Phi) is 4.12. The van der Waals surface area contributed by atoms with Gasteiger partial charge in [-0.3, -0.25) is 4.79 Å². The highest BCUT2D eigenvalue weighted by Crippen LogP contribution is 2.23. The van der Waals surface area contributed by atoms with E-state index in [-0.39, 0.29) is 11.3 Å². The minimum absolute atomic E-state index is 0.0908. The predicted octanol–water partition coefficient (Wildman–Crippen LogP) is 3.42. The summed E-state index contributed by atoms with van der Waals surface area (Å²) in [5, 5.41) is 16.6. The van der Waals surface area contributed by atoms with E-state index in [1.807, 2.05) is 24.3 Å². The lowest BCUT2D eigenvalue weighted by Crippen LogP contribution is -2.13. The van der Waals surface area contributed by atoms with Crippen LogP contribution >= 0.6 is 0 Å². The standard InChI is InChI=1S/C18H19N5O/c1-18(2,3)14-8-10-15(11-9-14)19-17(24)13-6-4-12(5-7-13)16-20-22-23-21-16/h4-11H,1-3H3,(H,19,24)(H,20,21,22,23). The maximum absolute atomic E-state index is 12.3. The highest BCUT2D eigenvalue weighted by Gasteiger charge is 2.13. The summed E-state index contributed by atoms with van der Waals surface area (Å²) in [7, 11) is 0. The van der Waals surface area contributed by atoms with Gasteiger partial charge in [0, 0.05) is 16.8 Å². The van der Waals surface area contributed by atoms with E-state index in [2.05, 4.69) is 46.7 Å². The fourth-order valence-corrected chi connectivity index (χ4v) is 2.31. The molecule has 0 fully saturated rings. The van der Waals surface area contributed by atoms with Crippen molar-refractivity contribution in [1.82, 2.24) is 20.6 Å². The van der Waals surface area contributed by atoms with Gasteiger partial charge in [-0.1, -0.05) is 45.0 Å². The van der Waals surface area contributed by atoms with Crippen LogP contribution in [0.15, 0.2) is 48.5 Å². The predicted molar refractivity (Wildman–Crippen MR) is 92.7 cm³/mol. The Morgan fingerprint density at radius 3 is 2.21 bits per heavy atom. The number of carbonyl (C=O) groups excluding carboxylic acids is 1. The summed E-state index contributed by atoms with van der Waals surface area (Å²) < 4.78 is 0. The van der Waals surface area contributed by atoms with Crippen molar-refractivity contribution < 1.29 is 4.79 Å². The molecule has 24 heavy (non-hydrogen) atoms. The fraction of sp³-hybridized carbons (Fsp3) is 0.222. The molecular weight excluding hydrogens is 302 g/mol. The third kappa shape index (κ3) is 3.48. The van der Waals surface area contributed by atoms with Crippen molar-refractivity contribution in [2.75, 3.05) is 5.32 Å². The number of aromatic amines is 1. The minimum Gasteiger partial charge on any atom is -0.322 e. The lowest BCUT2D eigenvalue weighted by Gasteiger charge is -2.19. The number of benzene rings is 2. The highest BCUT2D eigenvalue weighted by atomic mass is 16.1. The molecule has 0 bridgehead atoms. The van der Waals surface area contributed by atoms with E-state index in [0.29, 0.717) is 11.4 Å². The van der Waals surface area contributed by atoms with Crippen molar-refractivity contribution >= 4 is 11.6 Å². The number of hydrogen-bond donors (Lipinski definition) is 2. The van der Waals surface area contributed by atoms with Gasteiger partial charge in [0.2, 0.25) is 5.82 Å². The van der Waals surface area contributed by atoms with Crippen LogP contribution in [0.1, 0.15) is 36.7 Å². The van der Waals surface area contributed by atoms with E-state index in [1.54, 1.807) is 24.3 Å². The van der Waals surface area contributed by atoms with Gasteiger partial charge in [-0.25, -0.2) is 0 Å². The number of tetrazole rings is 1. The molecule has 2 N–H and O–H groups in total. The first kappa shape index (κ1) is 15.9. The Morgan fingerprint density at radius 1 is 1.00 bits per heavy atom. The summed E-state index contributed by atoms with van der Waals surface area (Å²) in [5.41, 5.74) is 3.46. The molecule has 0 saturated heterocycles. The molecule has 1 aromatic heterocycles. The number of H-pyrrole nitrogens is 1. The number of rotatable bonds is 3. The molecule has 0 aliphatic carbocycles. The van der Waals surface area contributed by atoms with Crippen molar-refractivity contribution in [1.29, 1.82) is 0 Å². The number of nitrogens with zero attached hydrogens (tertiary/aromatic N) is 3. The van der Waals surface area contributed by atoms with E-state index in [0.717, 1.165) is 11.3 Å². The third-order valence-electron chi connectivity index (χ3n) is 3.76. The van der Waals surface area contributed by atoms with Crippen molar-refractivity contribution in [2.24, 2.45) is 0 Å². The second-order valence-electron chi connectivity index (χ2n) is 6.59. The van der Waals surface area contributed by atoms with Gasteiger partial charge in [0.05, 0.1) is 0 Å². The first-order chi connectivity index (χ1) is 11.4. The average molecular weight is 321 g/mol.